The van der Waals surface area contributed by atoms with Gasteiger partial charge < -0.3 is 10.3 Å². The minimum absolute atomic E-state index is 0.0998. The van der Waals surface area contributed by atoms with E-state index in [-0.39, 0.29) is 17.9 Å². The van der Waals surface area contributed by atoms with Gasteiger partial charge in [-0.3, -0.25) is 9.59 Å². The number of aromatic nitrogens is 3. The zero-order valence-electron chi connectivity index (χ0n) is 11.1. The average molecular weight is 349 g/mol. The highest BCUT2D eigenvalue weighted by Crippen LogP contribution is 2.38. The topological polar surface area (TPSA) is 87.7 Å². The smallest absolute Gasteiger partial charge is 0.271 e. The largest absolute Gasteiger partial charge is 0.363 e. The first kappa shape index (κ1) is 13.9. The van der Waals surface area contributed by atoms with Gasteiger partial charge in [0, 0.05) is 36.1 Å². The number of amides is 1. The molecule has 108 valence electrons. The molecule has 21 heavy (non-hydrogen) atoms. The summed E-state index contributed by atoms with van der Waals surface area (Å²) in [5.74, 6) is 0.808. The van der Waals surface area contributed by atoms with Crippen LogP contribution in [0.25, 0.3) is 0 Å². The van der Waals surface area contributed by atoms with Crippen molar-refractivity contribution in [2.75, 3.05) is 0 Å². The van der Waals surface area contributed by atoms with Gasteiger partial charge in [-0.25, -0.2) is 9.97 Å². The van der Waals surface area contributed by atoms with Gasteiger partial charge in [-0.1, -0.05) is 0 Å². The van der Waals surface area contributed by atoms with Crippen LogP contribution < -0.4 is 10.7 Å². The van der Waals surface area contributed by atoms with E-state index in [1.807, 2.05) is 0 Å². The van der Waals surface area contributed by atoms with Crippen molar-refractivity contribution in [1.82, 2.24) is 20.3 Å². The quantitative estimate of drug-likeness (QED) is 0.880. The van der Waals surface area contributed by atoms with Gasteiger partial charge in [0.2, 0.25) is 0 Å². The first-order valence-electron chi connectivity index (χ1n) is 6.62. The molecule has 6 nitrogen and oxygen atoms in total. The number of rotatable bonds is 4. The summed E-state index contributed by atoms with van der Waals surface area (Å²) in [6.45, 7) is 0.240. The Morgan fingerprint density at radius 3 is 3.00 bits per heavy atom. The van der Waals surface area contributed by atoms with Crippen molar-refractivity contribution in [3.05, 3.63) is 56.4 Å². The first-order chi connectivity index (χ1) is 10.1. The van der Waals surface area contributed by atoms with Gasteiger partial charge >= 0.3 is 0 Å². The van der Waals surface area contributed by atoms with Crippen LogP contribution in [0.3, 0.4) is 0 Å². The number of hydrogen-bond donors (Lipinski definition) is 2. The molecule has 0 bridgehead atoms. The van der Waals surface area contributed by atoms with Gasteiger partial charge in [-0.2, -0.15) is 0 Å². The van der Waals surface area contributed by atoms with Gasteiger partial charge in [-0.15, -0.1) is 0 Å². The summed E-state index contributed by atoms with van der Waals surface area (Å²) in [4.78, 5) is 34.9. The molecule has 0 radical (unpaired) electrons. The van der Waals surface area contributed by atoms with E-state index in [0.29, 0.717) is 21.8 Å². The summed E-state index contributed by atoms with van der Waals surface area (Å²) in [6, 6.07) is 2.87. The standard InChI is InChI=1S/C14H13BrN4O2/c15-11-7-17-13(8-1-2-8)19-12(11)14(21)18-6-9-5-10(20)3-4-16-9/h3-5,7-8H,1-2,6H2,(H,16,20)(H,18,21). The van der Waals surface area contributed by atoms with Crippen LogP contribution in [0.2, 0.25) is 0 Å². The Kier molecular flexibility index (Phi) is 3.83. The van der Waals surface area contributed by atoms with Crippen molar-refractivity contribution in [3.63, 3.8) is 0 Å². The Labute approximate surface area is 129 Å². The van der Waals surface area contributed by atoms with Crippen LogP contribution in [-0.4, -0.2) is 20.9 Å². The summed E-state index contributed by atoms with van der Waals surface area (Å²) < 4.78 is 0.561. The van der Waals surface area contributed by atoms with E-state index in [1.54, 1.807) is 12.4 Å². The van der Waals surface area contributed by atoms with Crippen LogP contribution in [0.1, 0.15) is 40.8 Å². The number of carbonyl (C=O) groups excluding carboxylic acids is 1. The molecule has 2 N–H and O–H groups in total. The molecule has 1 saturated carbocycles. The Bertz CT molecular complexity index is 740. The third-order valence-electron chi connectivity index (χ3n) is 3.19. The number of carbonyl (C=O) groups is 1. The minimum Gasteiger partial charge on any atom is -0.363 e. The summed E-state index contributed by atoms with van der Waals surface area (Å²) >= 11 is 3.29. The zero-order valence-corrected chi connectivity index (χ0v) is 12.7. The molecule has 2 heterocycles. The molecule has 1 fully saturated rings. The van der Waals surface area contributed by atoms with Crippen molar-refractivity contribution in [2.24, 2.45) is 0 Å². The lowest BCUT2D eigenvalue weighted by Crippen LogP contribution is -2.25. The first-order valence-corrected chi connectivity index (χ1v) is 7.41. The molecule has 2 aromatic rings. The maximum absolute atomic E-state index is 12.2. The predicted octanol–water partition coefficient (Wildman–Crippen LogP) is 1.73. The second-order valence-electron chi connectivity index (χ2n) is 4.93. The maximum Gasteiger partial charge on any atom is 0.271 e. The molecule has 0 aliphatic heterocycles. The van der Waals surface area contributed by atoms with E-state index < -0.39 is 0 Å². The fourth-order valence-electron chi connectivity index (χ4n) is 1.93. The van der Waals surface area contributed by atoms with Gasteiger partial charge in [0.25, 0.3) is 5.91 Å². The summed E-state index contributed by atoms with van der Waals surface area (Å²) in [7, 11) is 0. The van der Waals surface area contributed by atoms with E-state index in [2.05, 4.69) is 36.2 Å². The third kappa shape index (κ3) is 3.36. The highest BCUT2D eigenvalue weighted by atomic mass is 79.9. The molecular formula is C14H13BrN4O2. The fourth-order valence-corrected chi connectivity index (χ4v) is 2.30. The molecule has 0 aromatic carbocycles. The lowest BCUT2D eigenvalue weighted by molar-refractivity contribution is 0.0944. The number of pyridine rings is 1. The molecule has 0 spiro atoms. The van der Waals surface area contributed by atoms with Crippen molar-refractivity contribution in [3.8, 4) is 0 Å². The summed E-state index contributed by atoms with van der Waals surface area (Å²) in [5.41, 5.74) is 0.867. The van der Waals surface area contributed by atoms with Crippen molar-refractivity contribution < 1.29 is 4.79 Å². The molecule has 0 atom stereocenters. The molecule has 7 heteroatoms. The monoisotopic (exact) mass is 348 g/mol. The molecule has 0 unspecified atom stereocenters. The van der Waals surface area contributed by atoms with Crippen LogP contribution in [-0.2, 0) is 6.54 Å². The Morgan fingerprint density at radius 2 is 2.29 bits per heavy atom. The highest BCUT2D eigenvalue weighted by molar-refractivity contribution is 9.10. The van der Waals surface area contributed by atoms with Gasteiger partial charge in [-0.05, 0) is 28.8 Å². The van der Waals surface area contributed by atoms with Gasteiger partial charge in [0.05, 0.1) is 11.0 Å². The van der Waals surface area contributed by atoms with Crippen LogP contribution in [0.15, 0.2) is 33.8 Å². The van der Waals surface area contributed by atoms with E-state index in [0.717, 1.165) is 18.7 Å². The van der Waals surface area contributed by atoms with Crippen LogP contribution in [0.5, 0.6) is 0 Å². The minimum atomic E-state index is -0.295. The van der Waals surface area contributed by atoms with Crippen molar-refractivity contribution >= 4 is 21.8 Å². The van der Waals surface area contributed by atoms with Crippen LogP contribution in [0.4, 0.5) is 0 Å². The van der Waals surface area contributed by atoms with Crippen molar-refractivity contribution in [1.29, 1.82) is 0 Å². The molecule has 0 saturated heterocycles. The molecule has 1 amide bonds. The summed E-state index contributed by atoms with van der Waals surface area (Å²) in [5, 5.41) is 2.74. The lowest BCUT2D eigenvalue weighted by Gasteiger charge is -2.07. The number of nitrogens with zero attached hydrogens (tertiary/aromatic N) is 2. The summed E-state index contributed by atoms with van der Waals surface area (Å²) in [6.07, 6.45) is 5.32. The third-order valence-corrected chi connectivity index (χ3v) is 3.77. The second-order valence-corrected chi connectivity index (χ2v) is 5.79. The molecule has 2 aromatic heterocycles. The zero-order chi connectivity index (χ0) is 14.8. The highest BCUT2D eigenvalue weighted by Gasteiger charge is 2.28. The second kappa shape index (κ2) is 5.77. The molecular weight excluding hydrogens is 336 g/mol. The number of nitrogens with one attached hydrogen (secondary N) is 2. The number of hydrogen-bond acceptors (Lipinski definition) is 4. The number of halogens is 1. The SMILES string of the molecule is O=C(NCc1cc(=O)cc[nH]1)c1nc(C2CC2)ncc1Br. The Morgan fingerprint density at radius 1 is 1.48 bits per heavy atom. The van der Waals surface area contributed by atoms with Crippen molar-refractivity contribution in [2.45, 2.75) is 25.3 Å². The van der Waals surface area contributed by atoms with E-state index >= 15 is 0 Å². The molecule has 1 aliphatic rings. The lowest BCUT2D eigenvalue weighted by atomic mass is 10.3. The predicted molar refractivity (Wildman–Crippen MR) is 79.9 cm³/mol. The maximum atomic E-state index is 12.2. The van der Waals surface area contributed by atoms with E-state index in [4.69, 9.17) is 0 Å². The van der Waals surface area contributed by atoms with Crippen LogP contribution >= 0.6 is 15.9 Å². The van der Waals surface area contributed by atoms with Gasteiger partial charge in [0.15, 0.2) is 5.43 Å². The average Bonchev–Trinajstić information content (AvgIpc) is 3.30. The number of aromatic amines is 1. The fraction of sp³-hybridized carbons (Fsp3) is 0.286. The normalized spacial score (nSPS) is 14.0. The Balaban J connectivity index is 1.73. The van der Waals surface area contributed by atoms with E-state index in [1.165, 1.54) is 12.1 Å². The van der Waals surface area contributed by atoms with E-state index in [9.17, 15) is 9.59 Å². The number of H-pyrrole nitrogens is 1. The molecule has 3 rings (SSSR count). The molecule has 1 aliphatic carbocycles. The Hall–Kier alpha value is -2.02. The van der Waals surface area contributed by atoms with Crippen LogP contribution in [0, 0.1) is 0 Å². The van der Waals surface area contributed by atoms with Gasteiger partial charge in [0.1, 0.15) is 11.5 Å².